The van der Waals surface area contributed by atoms with Crippen molar-refractivity contribution in [3.63, 3.8) is 0 Å². The Kier molecular flexibility index (Phi) is 10.8. The molecule has 6 aromatic rings. The van der Waals surface area contributed by atoms with E-state index in [0.29, 0.717) is 24.3 Å². The van der Waals surface area contributed by atoms with Crippen LogP contribution in [0.3, 0.4) is 0 Å². The third-order valence-corrected chi connectivity index (χ3v) is 11.5. The normalized spacial score (nSPS) is 17.0. The van der Waals surface area contributed by atoms with Crippen molar-refractivity contribution in [2.24, 2.45) is 0 Å². The summed E-state index contributed by atoms with van der Waals surface area (Å²) in [5, 5.41) is 18.1. The van der Waals surface area contributed by atoms with E-state index in [1.165, 1.54) is 5.69 Å². The second kappa shape index (κ2) is 16.2. The number of nitrogens with zero attached hydrogens (tertiary/aromatic N) is 7. The summed E-state index contributed by atoms with van der Waals surface area (Å²) < 4.78 is 5.24. The lowest BCUT2D eigenvalue weighted by atomic mass is 9.88. The largest absolute Gasteiger partial charge is 0.369 e. The van der Waals surface area contributed by atoms with Gasteiger partial charge in [0.05, 0.1) is 12.0 Å². The van der Waals surface area contributed by atoms with Gasteiger partial charge >= 0.3 is 11.8 Å². The molecule has 2 atom stereocenters. The Balaban J connectivity index is 0.870. The van der Waals surface area contributed by atoms with Gasteiger partial charge in [0.1, 0.15) is 5.69 Å². The highest BCUT2D eigenvalue weighted by molar-refractivity contribution is 6.01. The van der Waals surface area contributed by atoms with Crippen LogP contribution in [0.5, 0.6) is 0 Å². The maximum atomic E-state index is 12.9. The van der Waals surface area contributed by atoms with E-state index in [-0.39, 0.29) is 35.1 Å². The molecule has 0 spiro atoms. The summed E-state index contributed by atoms with van der Waals surface area (Å²) in [5.74, 6) is -0.715. The van der Waals surface area contributed by atoms with Crippen LogP contribution >= 0.6 is 0 Å². The van der Waals surface area contributed by atoms with Crippen molar-refractivity contribution >= 4 is 34.4 Å². The van der Waals surface area contributed by atoms with Gasteiger partial charge in [-0.15, -0.1) is 0 Å². The lowest BCUT2D eigenvalue weighted by molar-refractivity contribution is -0.134. The number of fused-ring (bicyclic) bond motifs is 1. The predicted octanol–water partition coefficient (Wildman–Crippen LogP) is 6.36. The van der Waals surface area contributed by atoms with Crippen LogP contribution in [0.25, 0.3) is 33.4 Å². The van der Waals surface area contributed by atoms with E-state index < -0.39 is 5.91 Å². The number of amides is 3. The fraction of sp³-hybridized carbons (Fsp3) is 0.378. The molecule has 4 aromatic heterocycles. The van der Waals surface area contributed by atoms with Crippen molar-refractivity contribution in [3.05, 3.63) is 107 Å². The molecule has 14 nitrogen and oxygen atoms in total. The molecule has 3 N–H and O–H groups in total. The Bertz CT molecular complexity index is 2530. The number of benzene rings is 2. The van der Waals surface area contributed by atoms with Crippen molar-refractivity contribution in [3.8, 4) is 22.4 Å². The first-order valence-electron chi connectivity index (χ1n) is 20.3. The molecule has 0 aliphatic carbocycles. The molecule has 2 saturated heterocycles. The number of carbonyl (C=O) groups is 3. The van der Waals surface area contributed by atoms with Crippen LogP contribution in [-0.2, 0) is 21.4 Å². The summed E-state index contributed by atoms with van der Waals surface area (Å²) in [7, 11) is 0. The number of aryl methyl sites for hydroxylation is 2. The number of hydrogen-bond acceptors (Lipinski definition) is 11. The van der Waals surface area contributed by atoms with Crippen molar-refractivity contribution < 1.29 is 18.9 Å². The van der Waals surface area contributed by atoms with Gasteiger partial charge in [-0.1, -0.05) is 50.2 Å². The van der Waals surface area contributed by atoms with E-state index in [2.05, 4.69) is 88.2 Å². The highest BCUT2D eigenvalue weighted by Crippen LogP contribution is 2.33. The number of rotatable bonds is 10. The number of hydrogen-bond donors (Lipinski definition) is 3. The molecular formula is C45H50N10O4. The Morgan fingerprint density at radius 2 is 1.69 bits per heavy atom. The molecule has 0 saturated carbocycles. The van der Waals surface area contributed by atoms with Gasteiger partial charge in [0.15, 0.2) is 11.5 Å². The van der Waals surface area contributed by atoms with Crippen LogP contribution in [-0.4, -0.2) is 85.7 Å². The van der Waals surface area contributed by atoms with Crippen molar-refractivity contribution in [2.45, 2.75) is 78.2 Å². The summed E-state index contributed by atoms with van der Waals surface area (Å²) in [6, 6.07) is 18.7. The van der Waals surface area contributed by atoms with Gasteiger partial charge in [-0.2, -0.15) is 10.1 Å². The van der Waals surface area contributed by atoms with Crippen LogP contribution < -0.4 is 15.5 Å². The zero-order chi connectivity index (χ0) is 41.4. The van der Waals surface area contributed by atoms with Crippen LogP contribution in [0.15, 0.2) is 71.5 Å². The Morgan fingerprint density at radius 3 is 2.39 bits per heavy atom. The van der Waals surface area contributed by atoms with E-state index in [1.54, 1.807) is 0 Å². The third kappa shape index (κ3) is 8.49. The molecule has 1 unspecified atom stereocenters. The summed E-state index contributed by atoms with van der Waals surface area (Å²) in [6.07, 6.45) is 5.44. The minimum Gasteiger partial charge on any atom is -0.369 e. The van der Waals surface area contributed by atoms with Gasteiger partial charge in [-0.3, -0.25) is 34.7 Å². The first-order chi connectivity index (χ1) is 28.3. The Labute approximate surface area is 343 Å². The van der Waals surface area contributed by atoms with Crippen LogP contribution in [0, 0.1) is 13.8 Å². The number of piperazine rings is 1. The van der Waals surface area contributed by atoms with Crippen LogP contribution in [0.4, 0.5) is 5.69 Å². The van der Waals surface area contributed by atoms with Gasteiger partial charge in [0.25, 0.3) is 0 Å². The quantitative estimate of drug-likeness (QED) is 0.132. The average molecular weight is 795 g/mol. The number of aromatic amines is 1. The minimum absolute atomic E-state index is 0.0503. The molecule has 8 rings (SSSR count). The van der Waals surface area contributed by atoms with E-state index >= 15 is 0 Å². The van der Waals surface area contributed by atoms with Gasteiger partial charge < -0.3 is 14.7 Å². The molecule has 2 fully saturated rings. The van der Waals surface area contributed by atoms with Crippen molar-refractivity contribution in [1.82, 2.24) is 45.8 Å². The molecule has 2 aliphatic rings. The topological polar surface area (TPSA) is 175 Å². The number of piperidine rings is 1. The smallest absolute Gasteiger partial charge is 0.315 e. The molecule has 14 heteroatoms. The first kappa shape index (κ1) is 39.5. The fourth-order valence-corrected chi connectivity index (χ4v) is 8.03. The van der Waals surface area contributed by atoms with Crippen LogP contribution in [0.2, 0.25) is 0 Å². The number of H-pyrrole nitrogens is 1. The highest BCUT2D eigenvalue weighted by atomic mass is 16.5. The molecule has 0 radical (unpaired) electrons. The fourth-order valence-electron chi connectivity index (χ4n) is 8.03. The van der Waals surface area contributed by atoms with Crippen molar-refractivity contribution in [1.29, 1.82) is 0 Å². The average Bonchev–Trinajstić information content (AvgIpc) is 3.90. The zero-order valence-corrected chi connectivity index (χ0v) is 34.4. The maximum Gasteiger partial charge on any atom is 0.315 e. The number of imide groups is 1. The number of nitrogens with one attached hydrogen (secondary N) is 3. The number of anilines is 1. The molecule has 0 bridgehead atoms. The van der Waals surface area contributed by atoms with Gasteiger partial charge in [0.2, 0.25) is 11.8 Å². The molecule has 3 amide bonds. The van der Waals surface area contributed by atoms with Gasteiger partial charge in [-0.25, -0.2) is 4.98 Å². The SMILES string of the molecule is Cc1cc(CCN2CCN(c3ccc(-c4cnc5[nH]nc(-c6ccc([C@@H](C)NC(=O)c7nc(C(C)(C)C)no7)c(C)c6)c5c4)cc3)CC2)ncc1C1CCC(=O)NC1=O. The first-order valence-corrected chi connectivity index (χ1v) is 20.3. The second-order valence-electron chi connectivity index (χ2n) is 16.8. The molecule has 2 aromatic carbocycles. The Morgan fingerprint density at radius 1 is 0.932 bits per heavy atom. The maximum absolute atomic E-state index is 12.9. The van der Waals surface area contributed by atoms with E-state index in [4.69, 9.17) is 9.51 Å². The molecule has 2 aliphatic heterocycles. The highest BCUT2D eigenvalue weighted by Gasteiger charge is 2.30. The van der Waals surface area contributed by atoms with Crippen molar-refractivity contribution in [2.75, 3.05) is 37.6 Å². The summed E-state index contributed by atoms with van der Waals surface area (Å²) in [5.41, 5.74) is 10.4. The molecular weight excluding hydrogens is 745 g/mol. The number of aromatic nitrogens is 6. The summed E-state index contributed by atoms with van der Waals surface area (Å²) in [4.78, 5) is 55.5. The molecule has 59 heavy (non-hydrogen) atoms. The summed E-state index contributed by atoms with van der Waals surface area (Å²) in [6.45, 7) is 16.6. The monoisotopic (exact) mass is 794 g/mol. The number of pyridine rings is 2. The molecule has 304 valence electrons. The minimum atomic E-state index is -0.411. The predicted molar refractivity (Wildman–Crippen MR) is 225 cm³/mol. The number of carbonyl (C=O) groups excluding carboxylic acids is 3. The third-order valence-electron chi connectivity index (χ3n) is 11.5. The second-order valence-corrected chi connectivity index (χ2v) is 16.8. The Hall–Kier alpha value is -6.28. The zero-order valence-electron chi connectivity index (χ0n) is 34.4. The summed E-state index contributed by atoms with van der Waals surface area (Å²) >= 11 is 0. The standard InChI is InChI=1S/C45H50N10O4/c1-26-21-30(9-12-34(26)28(3)48-42(58)43-50-44(53-59-43)45(4,5)6)39-36-23-31(24-47-40(36)52-51-39)29-7-10-33(11-8-29)55-19-17-54(18-20-55)16-15-32-22-27(2)37(25-46-32)35-13-14-38(56)49-41(35)57/h7-12,21-25,28,35H,13-20H2,1-6H3,(H,48,58)(H,47,51,52)(H,49,56,57)/t28-,35?/m1/s1. The van der Waals surface area contributed by atoms with Crippen LogP contribution in [0.1, 0.15) is 97.0 Å². The van der Waals surface area contributed by atoms with Gasteiger partial charge in [-0.05, 0) is 85.3 Å². The lowest BCUT2D eigenvalue weighted by Crippen LogP contribution is -2.47. The van der Waals surface area contributed by atoms with E-state index in [9.17, 15) is 14.4 Å². The van der Waals surface area contributed by atoms with Gasteiger partial charge in [0, 0.05) is 91.3 Å². The lowest BCUT2D eigenvalue weighted by Gasteiger charge is -2.36. The van der Waals surface area contributed by atoms with E-state index in [1.807, 2.05) is 66.1 Å². The molecule has 6 heterocycles. The van der Waals surface area contributed by atoms with E-state index in [0.717, 1.165) is 94.9 Å².